The van der Waals surface area contributed by atoms with Crippen LogP contribution in [0.5, 0.6) is 0 Å². The third kappa shape index (κ3) is 3.25. The van der Waals surface area contributed by atoms with Crippen molar-refractivity contribution in [1.29, 1.82) is 0 Å². The molecule has 4 rings (SSSR count). The smallest absolute Gasteiger partial charge is 0.274 e. The second-order valence-corrected chi connectivity index (χ2v) is 7.04. The Bertz CT molecular complexity index is 973. The summed E-state index contributed by atoms with van der Waals surface area (Å²) in [6.45, 7) is 0.396. The zero-order chi connectivity index (χ0) is 19.0. The number of amides is 1. The van der Waals surface area contributed by atoms with E-state index in [0.717, 1.165) is 48.1 Å². The van der Waals surface area contributed by atoms with Crippen molar-refractivity contribution in [3.63, 3.8) is 0 Å². The van der Waals surface area contributed by atoms with Gasteiger partial charge in [-0.05, 0) is 49.9 Å². The van der Waals surface area contributed by atoms with Crippen molar-refractivity contribution in [3.8, 4) is 11.3 Å². The molecule has 2 heterocycles. The van der Waals surface area contributed by atoms with Gasteiger partial charge in [0, 0.05) is 43.0 Å². The molecule has 1 aromatic carbocycles. The molecule has 7 heteroatoms. The van der Waals surface area contributed by atoms with E-state index in [9.17, 15) is 9.18 Å². The number of hydrogen-bond donors (Lipinski definition) is 1. The number of aromatic amines is 1. The topological polar surface area (TPSA) is 66.8 Å². The highest BCUT2D eigenvalue weighted by molar-refractivity contribution is 5.94. The van der Waals surface area contributed by atoms with Crippen molar-refractivity contribution in [2.75, 3.05) is 7.05 Å². The standard InChI is InChI=1S/C20H22FN5O/c1-25(20(27)19-16-5-3-4-6-17(16)26(2)24-19)12-14-11-22-23-18(14)13-7-9-15(21)10-8-13/h7-11H,3-6,12H2,1-2H3,(H,22,23). The number of rotatable bonds is 4. The molecule has 0 saturated carbocycles. The Morgan fingerprint density at radius 3 is 2.78 bits per heavy atom. The summed E-state index contributed by atoms with van der Waals surface area (Å²) in [7, 11) is 3.68. The third-order valence-electron chi connectivity index (χ3n) is 5.17. The molecule has 140 valence electrons. The molecule has 27 heavy (non-hydrogen) atoms. The highest BCUT2D eigenvalue weighted by Gasteiger charge is 2.26. The van der Waals surface area contributed by atoms with Crippen molar-refractivity contribution in [2.45, 2.75) is 32.2 Å². The lowest BCUT2D eigenvalue weighted by Crippen LogP contribution is -2.27. The van der Waals surface area contributed by atoms with Gasteiger partial charge in [-0.25, -0.2) is 4.39 Å². The molecule has 1 amide bonds. The Labute approximate surface area is 157 Å². The molecule has 0 unspecified atom stereocenters. The molecule has 6 nitrogen and oxygen atoms in total. The van der Waals surface area contributed by atoms with Crippen LogP contribution in [0.15, 0.2) is 30.5 Å². The summed E-state index contributed by atoms with van der Waals surface area (Å²) in [6.07, 6.45) is 5.83. The van der Waals surface area contributed by atoms with Crippen LogP contribution < -0.4 is 0 Å². The van der Waals surface area contributed by atoms with Gasteiger partial charge in [-0.2, -0.15) is 10.2 Å². The molecule has 3 aromatic rings. The van der Waals surface area contributed by atoms with E-state index in [1.54, 1.807) is 30.3 Å². The Kier molecular flexibility index (Phi) is 4.51. The van der Waals surface area contributed by atoms with E-state index >= 15 is 0 Å². The van der Waals surface area contributed by atoms with Crippen LogP contribution in [0.3, 0.4) is 0 Å². The first kappa shape index (κ1) is 17.5. The number of aryl methyl sites for hydroxylation is 1. The van der Waals surface area contributed by atoms with E-state index in [0.29, 0.717) is 12.2 Å². The second kappa shape index (κ2) is 6.98. The molecule has 0 bridgehead atoms. The van der Waals surface area contributed by atoms with Crippen molar-refractivity contribution >= 4 is 5.91 Å². The first-order chi connectivity index (χ1) is 13.0. The number of nitrogens with one attached hydrogen (secondary N) is 1. The lowest BCUT2D eigenvalue weighted by Gasteiger charge is -2.18. The first-order valence-corrected chi connectivity index (χ1v) is 9.13. The number of nitrogens with zero attached hydrogens (tertiary/aromatic N) is 4. The summed E-state index contributed by atoms with van der Waals surface area (Å²) in [5.41, 5.74) is 5.32. The number of halogens is 1. The van der Waals surface area contributed by atoms with E-state index in [1.807, 2.05) is 11.7 Å². The lowest BCUT2D eigenvalue weighted by molar-refractivity contribution is 0.0777. The van der Waals surface area contributed by atoms with Gasteiger partial charge < -0.3 is 4.90 Å². The van der Waals surface area contributed by atoms with Crippen molar-refractivity contribution < 1.29 is 9.18 Å². The van der Waals surface area contributed by atoms with Crippen molar-refractivity contribution in [2.24, 2.45) is 7.05 Å². The molecule has 0 aliphatic heterocycles. The molecule has 0 atom stereocenters. The van der Waals surface area contributed by atoms with Crippen LogP contribution in [0.1, 0.15) is 40.2 Å². The van der Waals surface area contributed by atoms with Crippen LogP contribution in [0, 0.1) is 5.82 Å². The van der Waals surface area contributed by atoms with Gasteiger partial charge in [0.15, 0.2) is 5.69 Å². The van der Waals surface area contributed by atoms with E-state index in [4.69, 9.17) is 0 Å². The zero-order valence-corrected chi connectivity index (χ0v) is 15.5. The Morgan fingerprint density at radius 2 is 2.00 bits per heavy atom. The van der Waals surface area contributed by atoms with Crippen LogP contribution in [0.2, 0.25) is 0 Å². The van der Waals surface area contributed by atoms with Gasteiger partial charge in [0.1, 0.15) is 5.82 Å². The predicted molar refractivity (Wildman–Crippen MR) is 99.6 cm³/mol. The summed E-state index contributed by atoms with van der Waals surface area (Å²) in [6, 6.07) is 6.22. The third-order valence-corrected chi connectivity index (χ3v) is 5.17. The van der Waals surface area contributed by atoms with Crippen molar-refractivity contribution in [3.05, 3.63) is 58.8 Å². The number of carbonyl (C=O) groups excluding carboxylic acids is 1. The van der Waals surface area contributed by atoms with E-state index in [1.165, 1.54) is 17.8 Å². The summed E-state index contributed by atoms with van der Waals surface area (Å²) in [5, 5.41) is 11.5. The van der Waals surface area contributed by atoms with Crippen LogP contribution >= 0.6 is 0 Å². The molecule has 1 aliphatic carbocycles. The first-order valence-electron chi connectivity index (χ1n) is 9.13. The highest BCUT2D eigenvalue weighted by atomic mass is 19.1. The minimum atomic E-state index is -0.285. The maximum atomic E-state index is 13.2. The number of aromatic nitrogens is 4. The van der Waals surface area contributed by atoms with Gasteiger partial charge in [0.2, 0.25) is 0 Å². The normalized spacial score (nSPS) is 13.4. The van der Waals surface area contributed by atoms with E-state index in [2.05, 4.69) is 15.3 Å². The average Bonchev–Trinajstić information content (AvgIpc) is 3.27. The van der Waals surface area contributed by atoms with Crippen molar-refractivity contribution in [1.82, 2.24) is 24.9 Å². The zero-order valence-electron chi connectivity index (χ0n) is 15.5. The average molecular weight is 367 g/mol. The highest BCUT2D eigenvalue weighted by Crippen LogP contribution is 2.26. The molecule has 1 aliphatic rings. The number of carbonyl (C=O) groups is 1. The SMILES string of the molecule is CN(Cc1cn[nH]c1-c1ccc(F)cc1)C(=O)c1nn(C)c2c1CCCC2. The quantitative estimate of drug-likeness (QED) is 0.771. The molecular formula is C20H22FN5O. The molecule has 1 N–H and O–H groups in total. The molecule has 0 spiro atoms. The maximum Gasteiger partial charge on any atom is 0.274 e. The van der Waals surface area contributed by atoms with Crippen LogP contribution in [-0.2, 0) is 26.4 Å². The summed E-state index contributed by atoms with van der Waals surface area (Å²) < 4.78 is 15.0. The van der Waals surface area contributed by atoms with Gasteiger partial charge in [0.05, 0.1) is 11.9 Å². The fraction of sp³-hybridized carbons (Fsp3) is 0.350. The summed E-state index contributed by atoms with van der Waals surface area (Å²) in [4.78, 5) is 14.7. The molecule has 0 fully saturated rings. The number of hydrogen-bond acceptors (Lipinski definition) is 3. The van der Waals surface area contributed by atoms with Gasteiger partial charge >= 0.3 is 0 Å². The molecule has 0 saturated heterocycles. The minimum absolute atomic E-state index is 0.0833. The Morgan fingerprint density at radius 1 is 1.26 bits per heavy atom. The lowest BCUT2D eigenvalue weighted by atomic mass is 9.95. The molecular weight excluding hydrogens is 345 g/mol. The molecule has 0 radical (unpaired) electrons. The van der Waals surface area contributed by atoms with Gasteiger partial charge in [-0.1, -0.05) is 0 Å². The fourth-order valence-corrected chi connectivity index (χ4v) is 3.75. The monoisotopic (exact) mass is 367 g/mol. The fourth-order valence-electron chi connectivity index (χ4n) is 3.75. The van der Waals surface area contributed by atoms with Gasteiger partial charge in [-0.3, -0.25) is 14.6 Å². The van der Waals surface area contributed by atoms with Crippen LogP contribution in [0.25, 0.3) is 11.3 Å². The summed E-state index contributed by atoms with van der Waals surface area (Å²) in [5.74, 6) is -0.368. The number of H-pyrrole nitrogens is 1. The predicted octanol–water partition coefficient (Wildman–Crippen LogP) is 3.10. The Balaban J connectivity index is 1.57. The Hall–Kier alpha value is -2.96. The van der Waals surface area contributed by atoms with E-state index < -0.39 is 0 Å². The van der Waals surface area contributed by atoms with E-state index in [-0.39, 0.29) is 11.7 Å². The summed E-state index contributed by atoms with van der Waals surface area (Å²) >= 11 is 0. The molecule has 2 aromatic heterocycles. The van der Waals surface area contributed by atoms with Gasteiger partial charge in [0.25, 0.3) is 5.91 Å². The van der Waals surface area contributed by atoms with Crippen LogP contribution in [0.4, 0.5) is 4.39 Å². The minimum Gasteiger partial charge on any atom is -0.336 e. The van der Waals surface area contributed by atoms with Crippen LogP contribution in [-0.4, -0.2) is 37.8 Å². The van der Waals surface area contributed by atoms with Gasteiger partial charge in [-0.15, -0.1) is 0 Å². The number of benzene rings is 1. The maximum absolute atomic E-state index is 13.2. The second-order valence-electron chi connectivity index (χ2n) is 7.04. The largest absolute Gasteiger partial charge is 0.336 e. The number of fused-ring (bicyclic) bond motifs is 1.